The summed E-state index contributed by atoms with van der Waals surface area (Å²) in [5.74, 6) is -0.709. The highest BCUT2D eigenvalue weighted by Gasteiger charge is 2.26. The van der Waals surface area contributed by atoms with Gasteiger partial charge in [0.15, 0.2) is 23.8 Å². The molecule has 354 valence electrons. The maximum absolute atomic E-state index is 14.4. The van der Waals surface area contributed by atoms with Crippen molar-refractivity contribution in [3.05, 3.63) is 69.8 Å². The maximum atomic E-state index is 14.4. The molecule has 0 aromatic heterocycles. The number of hydrogen-bond donors (Lipinski definition) is 13. The van der Waals surface area contributed by atoms with Gasteiger partial charge in [-0.1, -0.05) is 54.5 Å². The van der Waals surface area contributed by atoms with Crippen molar-refractivity contribution >= 4 is 58.4 Å². The summed E-state index contributed by atoms with van der Waals surface area (Å²) in [6.07, 6.45) is 0.998. The number of rotatable bonds is 16. The number of anilines is 4. The van der Waals surface area contributed by atoms with E-state index in [1.54, 1.807) is 7.05 Å². The van der Waals surface area contributed by atoms with Crippen LogP contribution >= 0.6 is 0 Å². The van der Waals surface area contributed by atoms with Gasteiger partial charge in [0, 0.05) is 37.6 Å². The van der Waals surface area contributed by atoms with E-state index in [2.05, 4.69) is 95.3 Å². The first kappa shape index (κ1) is 54.9. The predicted molar refractivity (Wildman–Crippen MR) is 265 cm³/mol. The molecule has 0 fully saturated rings. The molecule has 0 aliphatic rings. The van der Waals surface area contributed by atoms with Crippen molar-refractivity contribution in [3.8, 4) is 11.5 Å². The average molecular weight is 891 g/mol. The second-order valence-corrected chi connectivity index (χ2v) is 16.5. The van der Waals surface area contributed by atoms with Gasteiger partial charge in [-0.05, 0) is 84.5 Å². The number of benzene rings is 3. The lowest BCUT2D eigenvalue weighted by molar-refractivity contribution is 0.102. The van der Waals surface area contributed by atoms with Crippen LogP contribution < -0.4 is 76.6 Å². The van der Waals surface area contributed by atoms with Crippen molar-refractivity contribution in [1.82, 2.24) is 5.32 Å². The van der Waals surface area contributed by atoms with Gasteiger partial charge >= 0.3 is 0 Å². The molecule has 0 radical (unpaired) electrons. The highest BCUT2D eigenvalue weighted by atomic mass is 16.5. The van der Waals surface area contributed by atoms with Crippen LogP contribution in [0, 0.1) is 19.3 Å². The Morgan fingerprint density at radius 2 is 1.19 bits per heavy atom. The molecule has 0 aliphatic carbocycles. The van der Waals surface area contributed by atoms with E-state index in [0.717, 1.165) is 35.3 Å². The van der Waals surface area contributed by atoms with Crippen LogP contribution in [0.1, 0.15) is 105 Å². The minimum Gasteiger partial charge on any atom is -0.491 e. The van der Waals surface area contributed by atoms with Crippen molar-refractivity contribution < 1.29 is 19.1 Å². The molecule has 3 aromatic carbocycles. The zero-order valence-corrected chi connectivity index (χ0v) is 39.5. The van der Waals surface area contributed by atoms with Crippen LogP contribution in [0.2, 0.25) is 0 Å². The highest BCUT2D eigenvalue weighted by Crippen LogP contribution is 2.37. The van der Waals surface area contributed by atoms with E-state index >= 15 is 0 Å². The van der Waals surface area contributed by atoms with Crippen LogP contribution in [-0.2, 0) is 10.8 Å². The van der Waals surface area contributed by atoms with E-state index in [9.17, 15) is 9.59 Å². The van der Waals surface area contributed by atoms with Crippen LogP contribution in [0.3, 0.4) is 0 Å². The molecule has 20 heteroatoms. The van der Waals surface area contributed by atoms with Crippen molar-refractivity contribution in [2.75, 3.05) is 68.1 Å². The lowest BCUT2D eigenvalue weighted by Crippen LogP contribution is -2.34. The Balaban J connectivity index is 0.00000165. The SMILES string of the molecule is CCCN=C(N)N.CCNc1c(C)cc(C(C)(C)C)cc1NC(=O)c1cc(C(=O)Nc2cc(C(C)(C)C)cc(N)c2C)c(OCCNC(N)=NC)cc1OCCN=C(N)N.N=C(N)N. The topological polar surface area (TPSA) is 370 Å². The van der Waals surface area contributed by atoms with E-state index in [0.29, 0.717) is 29.2 Å². The van der Waals surface area contributed by atoms with Gasteiger partial charge in [0.05, 0.1) is 35.6 Å². The molecule has 0 spiro atoms. The van der Waals surface area contributed by atoms with Crippen LogP contribution in [0.4, 0.5) is 22.7 Å². The van der Waals surface area contributed by atoms with Gasteiger partial charge in [0.25, 0.3) is 11.8 Å². The van der Waals surface area contributed by atoms with Crippen molar-refractivity contribution in [1.29, 1.82) is 5.41 Å². The summed E-state index contributed by atoms with van der Waals surface area (Å²) in [4.78, 5) is 40.2. The third kappa shape index (κ3) is 18.9. The Morgan fingerprint density at radius 3 is 1.66 bits per heavy atom. The number of nitrogen functional groups attached to an aromatic ring is 1. The highest BCUT2D eigenvalue weighted by molar-refractivity contribution is 6.12. The molecule has 0 heterocycles. The molecule has 3 aromatic rings. The summed E-state index contributed by atoms with van der Waals surface area (Å²) in [6, 6.07) is 10.9. The Hall–Kier alpha value is -7.12. The van der Waals surface area contributed by atoms with Gasteiger partial charge in [-0.25, -0.2) is 0 Å². The van der Waals surface area contributed by atoms with E-state index in [1.807, 2.05) is 45.9 Å². The Kier molecular flexibility index (Phi) is 22.1. The second-order valence-electron chi connectivity index (χ2n) is 16.5. The number of nitrogens with zero attached hydrogens (tertiary/aromatic N) is 3. The van der Waals surface area contributed by atoms with E-state index < -0.39 is 11.8 Å². The first-order chi connectivity index (χ1) is 29.8. The van der Waals surface area contributed by atoms with Gasteiger partial charge in [-0.15, -0.1) is 0 Å². The molecule has 0 bridgehead atoms. The monoisotopic (exact) mass is 891 g/mol. The van der Waals surface area contributed by atoms with Crippen LogP contribution in [0.15, 0.2) is 51.4 Å². The third-order valence-electron chi connectivity index (χ3n) is 9.00. The summed E-state index contributed by atoms with van der Waals surface area (Å²) in [7, 11) is 1.56. The smallest absolute Gasteiger partial charge is 0.259 e. The molecular weight excluding hydrogens is 817 g/mol. The zero-order valence-electron chi connectivity index (χ0n) is 39.5. The van der Waals surface area contributed by atoms with E-state index in [1.165, 1.54) is 12.1 Å². The predicted octanol–water partition coefficient (Wildman–Crippen LogP) is 3.49. The molecule has 20 nitrogen and oxygen atoms in total. The van der Waals surface area contributed by atoms with Gasteiger partial charge < -0.3 is 76.6 Å². The molecule has 64 heavy (non-hydrogen) atoms. The summed E-state index contributed by atoms with van der Waals surface area (Å²) in [5, 5.41) is 18.5. The Bertz CT molecular complexity index is 2120. The van der Waals surface area contributed by atoms with Crippen LogP contribution in [-0.4, -0.2) is 82.1 Å². The van der Waals surface area contributed by atoms with Crippen molar-refractivity contribution in [2.45, 2.75) is 86.5 Å². The summed E-state index contributed by atoms with van der Waals surface area (Å²) < 4.78 is 12.2. The first-order valence-electron chi connectivity index (χ1n) is 20.8. The number of hydrogen-bond acceptors (Lipinski definition) is 10. The number of carbonyl (C=O) groups excluding carboxylic acids is 2. The minimum atomic E-state index is -0.517. The summed E-state index contributed by atoms with van der Waals surface area (Å²) >= 11 is 0. The van der Waals surface area contributed by atoms with Crippen molar-refractivity contribution in [2.24, 2.45) is 55.1 Å². The number of nitrogens with one attached hydrogen (secondary N) is 5. The number of guanidine groups is 4. The second kappa shape index (κ2) is 25.7. The third-order valence-corrected chi connectivity index (χ3v) is 9.00. The molecule has 0 aliphatic heterocycles. The lowest BCUT2D eigenvalue weighted by atomic mass is 9.85. The van der Waals surface area contributed by atoms with Gasteiger partial charge in [-0.2, -0.15) is 0 Å². The number of amides is 2. The molecule has 2 amide bonds. The molecule has 21 N–H and O–H groups in total. The standard InChI is InChI=1S/C39H58N10O4.C4H11N3.CH5N3/c1-11-45-33-22(2)16-24(38(4,5)6)19-30(33)49-35(51)27-20-26(34(50)48-29-18-25(39(7,8)9)17-28(40)23(29)3)31(53-15-13-47-37(43)44-10)21-32(27)52-14-12-46-36(41)42;1-2-3-7-4(5)6;2-1(3)4/h16-21,45H,11-15,40H2,1-10H3,(H,48,50)(H,49,51)(H4,41,42,46)(H3,43,44,47);2-3H2,1H3,(H4,5,6,7);(H5,2,3,4). The Labute approximate surface area is 378 Å². The van der Waals surface area contributed by atoms with Crippen LogP contribution in [0.5, 0.6) is 11.5 Å². The number of aryl methyl sites for hydroxylation is 1. The lowest BCUT2D eigenvalue weighted by Gasteiger charge is -2.24. The maximum Gasteiger partial charge on any atom is 0.259 e. The molecule has 3 rings (SSSR count). The van der Waals surface area contributed by atoms with Crippen molar-refractivity contribution in [3.63, 3.8) is 0 Å². The van der Waals surface area contributed by atoms with Gasteiger partial charge in [-0.3, -0.25) is 30.0 Å². The number of aliphatic imine (C=N–C) groups is 3. The van der Waals surface area contributed by atoms with Gasteiger partial charge in [0.2, 0.25) is 0 Å². The van der Waals surface area contributed by atoms with E-state index in [4.69, 9.17) is 49.3 Å². The number of ether oxygens (including phenoxy) is 2. The minimum absolute atomic E-state index is 0.0353. The Morgan fingerprint density at radius 1 is 0.703 bits per heavy atom. The summed E-state index contributed by atoms with van der Waals surface area (Å²) in [5.41, 5.74) is 48.1. The largest absolute Gasteiger partial charge is 0.491 e. The quantitative estimate of drug-likeness (QED) is 0.0424. The molecule has 0 saturated heterocycles. The number of carbonyl (C=O) groups is 2. The van der Waals surface area contributed by atoms with E-state index in [-0.39, 0.29) is 83.6 Å². The average Bonchev–Trinajstić information content (AvgIpc) is 3.19. The normalized spacial score (nSPS) is 11.0. The molecule has 0 saturated carbocycles. The first-order valence-corrected chi connectivity index (χ1v) is 20.8. The zero-order chi connectivity index (χ0) is 48.9. The fraction of sp³-hybridized carbons (Fsp3) is 0.455. The fourth-order valence-corrected chi connectivity index (χ4v) is 5.55. The molecular formula is C44H74N16O4. The summed E-state index contributed by atoms with van der Waals surface area (Å²) in [6.45, 7) is 22.3. The molecule has 0 atom stereocenters. The van der Waals surface area contributed by atoms with Gasteiger partial charge in [0.1, 0.15) is 24.7 Å². The fourth-order valence-electron chi connectivity index (χ4n) is 5.55. The van der Waals surface area contributed by atoms with Crippen LogP contribution in [0.25, 0.3) is 0 Å². The number of nitrogens with two attached hydrogens (primary N) is 8. The molecule has 0 unspecified atom stereocenters.